The van der Waals surface area contributed by atoms with Crippen molar-refractivity contribution in [3.8, 4) is 5.75 Å². The van der Waals surface area contributed by atoms with Crippen LogP contribution in [0.3, 0.4) is 0 Å². The first-order chi connectivity index (χ1) is 21.7. The predicted molar refractivity (Wildman–Crippen MR) is 173 cm³/mol. The Bertz CT molecular complexity index is 1370. The van der Waals surface area contributed by atoms with Crippen LogP contribution in [0, 0.1) is 0 Å². The van der Waals surface area contributed by atoms with Gasteiger partial charge in [0.05, 0.1) is 31.9 Å². The average Bonchev–Trinajstić information content (AvgIpc) is 3.66. The standard InChI is InChI=1S/C32H43ClN2O10S/c1-18-8-7-9-24(41-6)32(39)17-21(43-30(38)34-32)15-26-31(3,45-26)25(44-29(37)19(2)42-10-11-46)16-27(36)35(4)22-13-20(12-18)14-23(40-5)28(22)33/h7-9,13-14,19,21,24-26,39,46H,10-12,15-17H2,1-6H3,(H,34,38)/b9-7+,18-8+/t19-,21+,24+,25-,26-,31-,32-/m0/s1. The first-order valence-corrected chi connectivity index (χ1v) is 16.1. The Hall–Kier alpha value is -2.81. The molecule has 1 aromatic rings. The topological polar surface area (TPSA) is 145 Å². The van der Waals surface area contributed by atoms with E-state index in [1.54, 1.807) is 45.2 Å². The van der Waals surface area contributed by atoms with Gasteiger partial charge < -0.3 is 38.4 Å². The normalized spacial score (nSPS) is 32.6. The number of hydrogen-bond donors (Lipinski definition) is 3. The highest BCUT2D eigenvalue weighted by Crippen LogP contribution is 2.46. The van der Waals surface area contributed by atoms with E-state index in [4.69, 9.17) is 40.0 Å². The van der Waals surface area contributed by atoms with Crippen molar-refractivity contribution in [1.29, 1.82) is 0 Å². The monoisotopic (exact) mass is 682 g/mol. The Morgan fingerprint density at radius 3 is 2.72 bits per heavy atom. The first-order valence-electron chi connectivity index (χ1n) is 15.1. The van der Waals surface area contributed by atoms with Gasteiger partial charge in [0.1, 0.15) is 34.7 Å². The number of hydrogen-bond acceptors (Lipinski definition) is 11. The van der Waals surface area contributed by atoms with Crippen molar-refractivity contribution in [3.63, 3.8) is 0 Å². The summed E-state index contributed by atoms with van der Waals surface area (Å²) in [6.45, 7) is 5.44. The molecule has 7 atom stereocenters. The molecule has 1 aromatic carbocycles. The maximum atomic E-state index is 13.8. The summed E-state index contributed by atoms with van der Waals surface area (Å²) in [5, 5.41) is 14.3. The van der Waals surface area contributed by atoms with Gasteiger partial charge in [-0.2, -0.15) is 12.6 Å². The van der Waals surface area contributed by atoms with Crippen molar-refractivity contribution in [2.24, 2.45) is 0 Å². The summed E-state index contributed by atoms with van der Waals surface area (Å²) in [6, 6.07) is 3.60. The summed E-state index contributed by atoms with van der Waals surface area (Å²) >= 11 is 10.8. The highest BCUT2D eigenvalue weighted by molar-refractivity contribution is 7.80. The van der Waals surface area contributed by atoms with Gasteiger partial charge in [0.25, 0.3) is 0 Å². The summed E-state index contributed by atoms with van der Waals surface area (Å²) in [6.07, 6.45) is 0.656. The van der Waals surface area contributed by atoms with Crippen molar-refractivity contribution in [3.05, 3.63) is 46.5 Å². The molecule has 46 heavy (non-hydrogen) atoms. The molecule has 3 heterocycles. The van der Waals surface area contributed by atoms with Crippen LogP contribution < -0.4 is 15.0 Å². The van der Waals surface area contributed by atoms with Crippen LogP contribution in [-0.2, 0) is 39.7 Å². The third-order valence-electron chi connectivity index (χ3n) is 8.54. The van der Waals surface area contributed by atoms with Crippen LogP contribution in [0.4, 0.5) is 10.5 Å². The van der Waals surface area contributed by atoms with E-state index in [0.717, 1.165) is 11.1 Å². The number of halogens is 1. The average molecular weight is 683 g/mol. The number of methoxy groups -OCH3 is 2. The quantitative estimate of drug-likeness (QED) is 0.221. The van der Waals surface area contributed by atoms with Gasteiger partial charge in [0.2, 0.25) is 5.91 Å². The minimum absolute atomic E-state index is 0.00885. The van der Waals surface area contributed by atoms with Gasteiger partial charge >= 0.3 is 12.1 Å². The third-order valence-corrected chi connectivity index (χ3v) is 9.11. The number of allylic oxidation sites excluding steroid dienone is 3. The van der Waals surface area contributed by atoms with Gasteiger partial charge in [-0.15, -0.1) is 0 Å². The first kappa shape index (κ1) is 36.0. The van der Waals surface area contributed by atoms with Crippen LogP contribution in [0.25, 0.3) is 0 Å². The summed E-state index contributed by atoms with van der Waals surface area (Å²) < 4.78 is 34.1. The van der Waals surface area contributed by atoms with Gasteiger partial charge in [-0.3, -0.25) is 10.1 Å². The van der Waals surface area contributed by atoms with Crippen LogP contribution >= 0.6 is 24.2 Å². The van der Waals surface area contributed by atoms with Crippen LogP contribution in [0.15, 0.2) is 35.9 Å². The van der Waals surface area contributed by atoms with Gasteiger partial charge in [0.15, 0.2) is 11.8 Å². The van der Waals surface area contributed by atoms with Crippen molar-refractivity contribution in [1.82, 2.24) is 5.32 Å². The number of carbonyl (C=O) groups is 3. The molecule has 2 amide bonds. The molecule has 3 aliphatic heterocycles. The van der Waals surface area contributed by atoms with Crippen LogP contribution in [-0.4, -0.2) is 98.5 Å². The Labute approximate surface area is 279 Å². The summed E-state index contributed by atoms with van der Waals surface area (Å²) in [4.78, 5) is 40.9. The fourth-order valence-corrected chi connectivity index (χ4v) is 6.20. The number of nitrogens with one attached hydrogen (secondary N) is 1. The second-order valence-electron chi connectivity index (χ2n) is 12.0. The number of fused-ring (bicyclic) bond motifs is 5. The van der Waals surface area contributed by atoms with Crippen molar-refractivity contribution >= 4 is 47.9 Å². The Kier molecular flexibility index (Phi) is 11.7. The lowest BCUT2D eigenvalue weighted by molar-refractivity contribution is -0.165. The highest BCUT2D eigenvalue weighted by Gasteiger charge is 2.61. The van der Waals surface area contributed by atoms with E-state index in [1.165, 1.54) is 19.1 Å². The molecule has 2 fully saturated rings. The number of alkyl carbamates (subject to hydrolysis) is 1. The number of thiol groups is 1. The van der Waals surface area contributed by atoms with Gasteiger partial charge in [-0.25, -0.2) is 9.59 Å². The lowest BCUT2D eigenvalue weighted by Crippen LogP contribution is -2.62. The number of anilines is 1. The Morgan fingerprint density at radius 2 is 2.04 bits per heavy atom. The number of amides is 2. The lowest BCUT2D eigenvalue weighted by Gasteiger charge is -2.40. The van der Waals surface area contributed by atoms with E-state index < -0.39 is 59.8 Å². The number of rotatable bonds is 7. The van der Waals surface area contributed by atoms with E-state index in [1.807, 2.05) is 13.0 Å². The molecule has 4 rings (SSSR count). The highest BCUT2D eigenvalue weighted by atomic mass is 35.5. The summed E-state index contributed by atoms with van der Waals surface area (Å²) in [7, 11) is 4.52. The molecular formula is C32H43ClN2O10S. The molecule has 0 saturated carbocycles. The number of ether oxygens (including phenoxy) is 6. The zero-order valence-corrected chi connectivity index (χ0v) is 28.6. The van der Waals surface area contributed by atoms with E-state index in [2.05, 4.69) is 17.9 Å². The number of esters is 1. The van der Waals surface area contributed by atoms with Crippen molar-refractivity contribution in [2.75, 3.05) is 38.5 Å². The smallest absolute Gasteiger partial charge is 0.409 e. The zero-order chi connectivity index (χ0) is 33.8. The lowest BCUT2D eigenvalue weighted by atomic mass is 9.90. The third kappa shape index (κ3) is 8.18. The largest absolute Gasteiger partial charge is 0.495 e. The molecule has 0 unspecified atom stereocenters. The molecule has 4 bridgehead atoms. The second kappa shape index (κ2) is 15.0. The molecular weight excluding hydrogens is 640 g/mol. The van der Waals surface area contributed by atoms with Crippen molar-refractivity contribution in [2.45, 2.75) is 88.3 Å². The van der Waals surface area contributed by atoms with Crippen LogP contribution in [0.5, 0.6) is 5.75 Å². The van der Waals surface area contributed by atoms with E-state index in [-0.39, 0.29) is 30.9 Å². The maximum Gasteiger partial charge on any atom is 0.409 e. The number of nitrogens with zero attached hydrogens (tertiary/aromatic N) is 1. The molecule has 0 aliphatic carbocycles. The zero-order valence-electron chi connectivity index (χ0n) is 26.9. The Morgan fingerprint density at radius 1 is 1.30 bits per heavy atom. The second-order valence-corrected chi connectivity index (χ2v) is 12.8. The summed E-state index contributed by atoms with van der Waals surface area (Å²) in [5.41, 5.74) is -0.693. The SMILES string of the molecule is COc1cc2cc(c1Cl)N(C)C(=O)C[C@H](OC(=O)[C@H](C)OCCS)[C@]1(C)O[C@H]1C[C@@H]1C[C@@](O)(NC(=O)O1)[C@H](OC)/C=C/C=C(\C)C2. The minimum atomic E-state index is -1.77. The summed E-state index contributed by atoms with van der Waals surface area (Å²) in [5.74, 6) is -0.259. The van der Waals surface area contributed by atoms with E-state index in [0.29, 0.717) is 23.6 Å². The van der Waals surface area contributed by atoms with E-state index >= 15 is 0 Å². The molecule has 0 spiro atoms. The predicted octanol–water partition coefficient (Wildman–Crippen LogP) is 3.76. The molecule has 3 aliphatic rings. The number of carbonyl (C=O) groups excluding carboxylic acids is 3. The maximum absolute atomic E-state index is 13.8. The van der Waals surface area contributed by atoms with Crippen molar-refractivity contribution < 1.29 is 47.9 Å². The number of epoxide rings is 1. The molecule has 2 saturated heterocycles. The molecule has 14 heteroatoms. The van der Waals surface area contributed by atoms with Gasteiger partial charge in [-0.05, 0) is 44.9 Å². The molecule has 2 N–H and O–H groups in total. The molecule has 0 radical (unpaired) electrons. The Balaban J connectivity index is 1.74. The molecule has 254 valence electrons. The van der Waals surface area contributed by atoms with Crippen LogP contribution in [0.1, 0.15) is 45.6 Å². The van der Waals surface area contributed by atoms with Gasteiger partial charge in [0, 0.05) is 32.8 Å². The van der Waals surface area contributed by atoms with E-state index in [9.17, 15) is 19.5 Å². The van der Waals surface area contributed by atoms with Gasteiger partial charge in [-0.1, -0.05) is 35.4 Å². The minimum Gasteiger partial charge on any atom is -0.495 e. The number of aliphatic hydroxyl groups is 1. The fraction of sp³-hybridized carbons (Fsp3) is 0.594. The molecule has 0 aromatic heterocycles. The number of benzene rings is 1. The molecule has 12 nitrogen and oxygen atoms in total. The fourth-order valence-electron chi connectivity index (χ4n) is 5.79. The van der Waals surface area contributed by atoms with Crippen LogP contribution in [0.2, 0.25) is 5.02 Å².